The number of aromatic amines is 1. The molecule has 0 aliphatic carbocycles. The summed E-state index contributed by atoms with van der Waals surface area (Å²) in [7, 11) is 0. The van der Waals surface area contributed by atoms with Gasteiger partial charge in [0.1, 0.15) is 0 Å². The van der Waals surface area contributed by atoms with Crippen molar-refractivity contribution in [2.24, 2.45) is 5.10 Å². The zero-order chi connectivity index (χ0) is 18.4. The van der Waals surface area contributed by atoms with Crippen molar-refractivity contribution < 1.29 is 0 Å². The van der Waals surface area contributed by atoms with Crippen molar-refractivity contribution in [1.82, 2.24) is 9.97 Å². The minimum Gasteiger partial charge on any atom is -0.291 e. The average molecular weight is 344 g/mol. The van der Waals surface area contributed by atoms with Gasteiger partial charge in [-0.05, 0) is 31.1 Å². The van der Waals surface area contributed by atoms with Gasteiger partial charge in [-0.1, -0.05) is 60.7 Å². The van der Waals surface area contributed by atoms with Gasteiger partial charge in [0.25, 0.3) is 5.56 Å². The van der Waals surface area contributed by atoms with E-state index in [4.69, 9.17) is 0 Å². The normalized spacial score (nSPS) is 12.1. The molecule has 1 heterocycles. The third-order valence-corrected chi connectivity index (χ3v) is 3.80. The van der Waals surface area contributed by atoms with Crippen LogP contribution < -0.4 is 11.0 Å². The molecule has 1 aromatic heterocycles. The number of anilines is 1. The second-order valence-electron chi connectivity index (χ2n) is 5.90. The van der Waals surface area contributed by atoms with E-state index in [0.717, 1.165) is 22.4 Å². The molecule has 0 aliphatic rings. The molecule has 0 saturated carbocycles. The SMILES string of the molecule is CC(=CC(=NNc1nc(C)cc(=O)[nH]1)c1ccccc1)c1ccccc1. The summed E-state index contributed by atoms with van der Waals surface area (Å²) in [6.07, 6.45) is 2.01. The molecule has 0 saturated heterocycles. The molecule has 0 radical (unpaired) electrons. The third-order valence-electron chi connectivity index (χ3n) is 3.80. The Hall–Kier alpha value is -3.47. The lowest BCUT2D eigenvalue weighted by Gasteiger charge is -2.07. The summed E-state index contributed by atoms with van der Waals surface area (Å²) in [5.74, 6) is 0.314. The number of H-pyrrole nitrogens is 1. The summed E-state index contributed by atoms with van der Waals surface area (Å²) in [5, 5.41) is 4.47. The molecular formula is C21H20N4O. The number of allylic oxidation sites excluding steroid dienone is 2. The summed E-state index contributed by atoms with van der Waals surface area (Å²) < 4.78 is 0. The zero-order valence-corrected chi connectivity index (χ0v) is 14.7. The van der Waals surface area contributed by atoms with Gasteiger partial charge < -0.3 is 0 Å². The molecule has 26 heavy (non-hydrogen) atoms. The molecule has 3 rings (SSSR count). The van der Waals surface area contributed by atoms with Gasteiger partial charge in [0.2, 0.25) is 5.95 Å². The quantitative estimate of drug-likeness (QED) is 0.543. The van der Waals surface area contributed by atoms with Gasteiger partial charge >= 0.3 is 0 Å². The number of aryl methyl sites for hydroxylation is 1. The van der Waals surface area contributed by atoms with E-state index >= 15 is 0 Å². The molecule has 0 fully saturated rings. The van der Waals surface area contributed by atoms with Gasteiger partial charge in [-0.25, -0.2) is 10.4 Å². The molecule has 0 amide bonds. The highest BCUT2D eigenvalue weighted by molar-refractivity contribution is 6.12. The molecule has 0 atom stereocenters. The number of nitrogens with one attached hydrogen (secondary N) is 2. The summed E-state index contributed by atoms with van der Waals surface area (Å²) >= 11 is 0. The Morgan fingerprint density at radius 1 is 1.04 bits per heavy atom. The molecule has 0 aliphatic heterocycles. The van der Waals surface area contributed by atoms with Crippen molar-refractivity contribution in [3.63, 3.8) is 0 Å². The molecule has 2 aromatic carbocycles. The fourth-order valence-electron chi connectivity index (χ4n) is 2.52. The van der Waals surface area contributed by atoms with E-state index in [-0.39, 0.29) is 5.56 Å². The van der Waals surface area contributed by atoms with Gasteiger partial charge in [-0.15, -0.1) is 0 Å². The van der Waals surface area contributed by atoms with Gasteiger partial charge in [0.15, 0.2) is 0 Å². The first-order valence-corrected chi connectivity index (χ1v) is 8.32. The van der Waals surface area contributed by atoms with E-state index in [0.29, 0.717) is 11.6 Å². The molecular weight excluding hydrogens is 324 g/mol. The van der Waals surface area contributed by atoms with Crippen LogP contribution in [0, 0.1) is 6.92 Å². The molecule has 2 N–H and O–H groups in total. The first-order valence-electron chi connectivity index (χ1n) is 8.32. The fourth-order valence-corrected chi connectivity index (χ4v) is 2.52. The van der Waals surface area contributed by atoms with E-state index in [9.17, 15) is 4.79 Å². The van der Waals surface area contributed by atoms with E-state index in [1.165, 1.54) is 6.07 Å². The number of hydrazone groups is 1. The van der Waals surface area contributed by atoms with Crippen LogP contribution in [0.2, 0.25) is 0 Å². The Bertz CT molecular complexity index is 989. The van der Waals surface area contributed by atoms with Gasteiger partial charge in [-0.2, -0.15) is 5.10 Å². The Kier molecular flexibility index (Phi) is 5.39. The summed E-state index contributed by atoms with van der Waals surface area (Å²) in [6, 6.07) is 21.4. The number of rotatable bonds is 5. The lowest BCUT2D eigenvalue weighted by atomic mass is 10.0. The van der Waals surface area contributed by atoms with Crippen LogP contribution >= 0.6 is 0 Å². The first kappa shape index (κ1) is 17.4. The van der Waals surface area contributed by atoms with Crippen LogP contribution in [-0.2, 0) is 0 Å². The molecule has 0 spiro atoms. The van der Waals surface area contributed by atoms with Crippen molar-refractivity contribution >= 4 is 17.2 Å². The van der Waals surface area contributed by atoms with Crippen LogP contribution in [0.4, 0.5) is 5.95 Å². The highest BCUT2D eigenvalue weighted by Crippen LogP contribution is 2.15. The number of benzene rings is 2. The summed E-state index contributed by atoms with van der Waals surface area (Å²) in [4.78, 5) is 18.5. The Morgan fingerprint density at radius 3 is 2.27 bits per heavy atom. The highest BCUT2D eigenvalue weighted by Gasteiger charge is 2.04. The molecule has 130 valence electrons. The Labute approximate surface area is 152 Å². The summed E-state index contributed by atoms with van der Waals surface area (Å²) in [6.45, 7) is 3.81. The molecule has 3 aromatic rings. The maximum Gasteiger partial charge on any atom is 0.252 e. The fraction of sp³-hybridized carbons (Fsp3) is 0.0952. The standard InChI is InChI=1S/C21H20N4O/c1-15(17-9-5-3-6-10-17)13-19(18-11-7-4-8-12-18)24-25-21-22-16(2)14-20(26)23-21/h3-14H,1-2H3,(H2,22,23,25,26). The predicted molar refractivity (Wildman–Crippen MR) is 106 cm³/mol. The van der Waals surface area contributed by atoms with Crippen molar-refractivity contribution in [2.75, 3.05) is 5.43 Å². The lowest BCUT2D eigenvalue weighted by Crippen LogP contribution is -2.11. The maximum atomic E-state index is 11.6. The topological polar surface area (TPSA) is 70.1 Å². The van der Waals surface area contributed by atoms with Crippen molar-refractivity contribution in [3.8, 4) is 0 Å². The largest absolute Gasteiger partial charge is 0.291 e. The summed E-state index contributed by atoms with van der Waals surface area (Å²) in [5.41, 5.74) is 7.19. The van der Waals surface area contributed by atoms with E-state index in [2.05, 4.69) is 32.6 Å². The van der Waals surface area contributed by atoms with E-state index in [1.54, 1.807) is 6.92 Å². The van der Waals surface area contributed by atoms with E-state index < -0.39 is 0 Å². The van der Waals surface area contributed by atoms with Gasteiger partial charge in [0.05, 0.1) is 5.71 Å². The second-order valence-corrected chi connectivity index (χ2v) is 5.90. The average Bonchev–Trinajstić information content (AvgIpc) is 2.65. The smallest absolute Gasteiger partial charge is 0.252 e. The van der Waals surface area contributed by atoms with Crippen LogP contribution in [0.15, 0.2) is 82.7 Å². The van der Waals surface area contributed by atoms with Gasteiger partial charge in [-0.3, -0.25) is 9.78 Å². The maximum absolute atomic E-state index is 11.6. The van der Waals surface area contributed by atoms with Crippen LogP contribution in [0.1, 0.15) is 23.7 Å². The monoisotopic (exact) mass is 344 g/mol. The van der Waals surface area contributed by atoms with Crippen LogP contribution in [0.25, 0.3) is 5.57 Å². The number of aromatic nitrogens is 2. The molecule has 5 nitrogen and oxygen atoms in total. The van der Waals surface area contributed by atoms with E-state index in [1.807, 2.05) is 61.5 Å². The molecule has 5 heteroatoms. The zero-order valence-electron chi connectivity index (χ0n) is 14.7. The van der Waals surface area contributed by atoms with Crippen molar-refractivity contribution in [1.29, 1.82) is 0 Å². The van der Waals surface area contributed by atoms with Gasteiger partial charge in [0, 0.05) is 17.3 Å². The van der Waals surface area contributed by atoms with Crippen molar-refractivity contribution in [2.45, 2.75) is 13.8 Å². The third kappa shape index (κ3) is 4.54. The first-order chi connectivity index (χ1) is 12.6. The lowest BCUT2D eigenvalue weighted by molar-refractivity contribution is 1.04. The number of hydrogen-bond donors (Lipinski definition) is 2. The highest BCUT2D eigenvalue weighted by atomic mass is 16.1. The molecule has 0 bridgehead atoms. The van der Waals surface area contributed by atoms with Crippen LogP contribution in [0.5, 0.6) is 0 Å². The van der Waals surface area contributed by atoms with Crippen LogP contribution in [-0.4, -0.2) is 15.7 Å². The molecule has 0 unspecified atom stereocenters. The Morgan fingerprint density at radius 2 is 1.65 bits per heavy atom. The van der Waals surface area contributed by atoms with Crippen LogP contribution in [0.3, 0.4) is 0 Å². The minimum atomic E-state index is -0.215. The Balaban J connectivity index is 1.97. The predicted octanol–water partition coefficient (Wildman–Crippen LogP) is 4.00. The number of hydrogen-bond acceptors (Lipinski definition) is 4. The second kappa shape index (κ2) is 8.07. The minimum absolute atomic E-state index is 0.215. The van der Waals surface area contributed by atoms with Crippen molar-refractivity contribution in [3.05, 3.63) is 100.0 Å². The number of nitrogens with zero attached hydrogens (tertiary/aromatic N) is 2.